The lowest BCUT2D eigenvalue weighted by Gasteiger charge is -2.13. The third kappa shape index (κ3) is 4.88. The highest BCUT2D eigenvalue weighted by molar-refractivity contribution is 5.99. The largest absolute Gasteiger partial charge is 0.449 e. The van der Waals surface area contributed by atoms with Gasteiger partial charge in [-0.25, -0.2) is 9.59 Å². The molecule has 0 saturated carbocycles. The Bertz CT molecular complexity index is 1010. The maximum Gasteiger partial charge on any atom is 0.338 e. The Kier molecular flexibility index (Phi) is 5.91. The van der Waals surface area contributed by atoms with Gasteiger partial charge in [0.15, 0.2) is 6.10 Å². The minimum atomic E-state index is -1.15. The SMILES string of the molecule is C[C@H](OC(=O)c1ccc2nccnc2c1)C(=O)NC(=O)NCc1ccccc1. The van der Waals surface area contributed by atoms with Crippen molar-refractivity contribution in [3.05, 3.63) is 72.1 Å². The number of ether oxygens (including phenoxy) is 1. The second-order valence-electron chi connectivity index (χ2n) is 5.96. The van der Waals surface area contributed by atoms with Gasteiger partial charge in [-0.2, -0.15) is 0 Å². The van der Waals surface area contributed by atoms with E-state index in [4.69, 9.17) is 4.74 Å². The number of urea groups is 1. The topological polar surface area (TPSA) is 110 Å². The summed E-state index contributed by atoms with van der Waals surface area (Å²) in [7, 11) is 0. The number of imide groups is 1. The molecule has 0 bridgehead atoms. The third-order valence-corrected chi connectivity index (χ3v) is 3.89. The number of fused-ring (bicyclic) bond motifs is 1. The number of hydrogen-bond acceptors (Lipinski definition) is 6. The lowest BCUT2D eigenvalue weighted by Crippen LogP contribution is -2.44. The maximum atomic E-state index is 12.2. The van der Waals surface area contributed by atoms with E-state index in [0.717, 1.165) is 5.56 Å². The normalized spacial score (nSPS) is 11.5. The fourth-order valence-electron chi connectivity index (χ4n) is 2.41. The predicted octanol–water partition coefficient (Wildman–Crippen LogP) is 2.20. The molecule has 8 nitrogen and oxygen atoms in total. The van der Waals surface area contributed by atoms with E-state index in [1.54, 1.807) is 12.3 Å². The number of hydrogen-bond donors (Lipinski definition) is 2. The van der Waals surface area contributed by atoms with Crippen molar-refractivity contribution >= 4 is 28.9 Å². The van der Waals surface area contributed by atoms with Gasteiger partial charge in [-0.1, -0.05) is 30.3 Å². The Hall–Kier alpha value is -3.81. The Labute approximate surface area is 160 Å². The lowest BCUT2D eigenvalue weighted by molar-refractivity contribution is -0.127. The lowest BCUT2D eigenvalue weighted by atomic mass is 10.2. The van der Waals surface area contributed by atoms with Gasteiger partial charge in [0.05, 0.1) is 16.6 Å². The van der Waals surface area contributed by atoms with Gasteiger partial charge in [-0.05, 0) is 30.7 Å². The molecule has 8 heteroatoms. The molecule has 28 heavy (non-hydrogen) atoms. The van der Waals surface area contributed by atoms with Crippen LogP contribution in [0.1, 0.15) is 22.8 Å². The Balaban J connectivity index is 1.52. The molecule has 0 fully saturated rings. The van der Waals surface area contributed by atoms with Crippen molar-refractivity contribution in [3.8, 4) is 0 Å². The summed E-state index contributed by atoms with van der Waals surface area (Å²) in [4.78, 5) is 44.4. The van der Waals surface area contributed by atoms with Crippen molar-refractivity contribution in [3.63, 3.8) is 0 Å². The van der Waals surface area contributed by atoms with Crippen LogP contribution in [0.2, 0.25) is 0 Å². The first kappa shape index (κ1) is 19.0. The molecule has 1 heterocycles. The number of carbonyl (C=O) groups excluding carboxylic acids is 3. The van der Waals surface area contributed by atoms with Crippen molar-refractivity contribution in [1.29, 1.82) is 0 Å². The number of carbonyl (C=O) groups is 3. The molecule has 142 valence electrons. The molecule has 0 radical (unpaired) electrons. The molecule has 3 rings (SSSR count). The zero-order valence-electron chi connectivity index (χ0n) is 15.1. The van der Waals surface area contributed by atoms with Crippen LogP contribution in [0.15, 0.2) is 60.9 Å². The van der Waals surface area contributed by atoms with Crippen molar-refractivity contribution in [2.75, 3.05) is 0 Å². The van der Waals surface area contributed by atoms with E-state index in [0.29, 0.717) is 11.0 Å². The molecule has 3 amide bonds. The van der Waals surface area contributed by atoms with Crippen LogP contribution in [-0.2, 0) is 16.1 Å². The van der Waals surface area contributed by atoms with Crippen LogP contribution in [0.5, 0.6) is 0 Å². The van der Waals surface area contributed by atoms with Gasteiger partial charge in [0.2, 0.25) is 0 Å². The summed E-state index contributed by atoms with van der Waals surface area (Å²) in [6.07, 6.45) is 1.92. The van der Waals surface area contributed by atoms with Gasteiger partial charge >= 0.3 is 12.0 Å². The van der Waals surface area contributed by atoms with Crippen LogP contribution in [0.4, 0.5) is 4.79 Å². The maximum absolute atomic E-state index is 12.2. The quantitative estimate of drug-likeness (QED) is 0.659. The van der Waals surface area contributed by atoms with Gasteiger partial charge in [0, 0.05) is 18.9 Å². The second-order valence-corrected chi connectivity index (χ2v) is 5.96. The van der Waals surface area contributed by atoms with E-state index in [1.807, 2.05) is 30.3 Å². The molecule has 0 aliphatic heterocycles. The molecule has 3 aromatic rings. The standard InChI is InChI=1S/C20H18N4O4/c1-13(18(25)24-20(27)23-12-14-5-3-2-4-6-14)28-19(26)15-7-8-16-17(11-15)22-10-9-21-16/h2-11,13H,12H2,1H3,(H2,23,24,25,27)/t13-/m0/s1. The van der Waals surface area contributed by atoms with Crippen LogP contribution in [0, 0.1) is 0 Å². The Morgan fingerprint density at radius 3 is 2.46 bits per heavy atom. The summed E-state index contributed by atoms with van der Waals surface area (Å²) in [5.41, 5.74) is 2.31. The number of nitrogens with one attached hydrogen (secondary N) is 2. The van der Waals surface area contributed by atoms with E-state index in [2.05, 4.69) is 20.6 Å². The Morgan fingerprint density at radius 2 is 1.71 bits per heavy atom. The monoisotopic (exact) mass is 378 g/mol. The zero-order chi connectivity index (χ0) is 19.9. The summed E-state index contributed by atoms with van der Waals surface area (Å²) in [6.45, 7) is 1.66. The summed E-state index contributed by atoms with van der Waals surface area (Å²) < 4.78 is 5.13. The fraction of sp³-hybridized carbons (Fsp3) is 0.150. The highest BCUT2D eigenvalue weighted by Gasteiger charge is 2.21. The molecular formula is C20H18N4O4. The number of nitrogens with zero attached hydrogens (tertiary/aromatic N) is 2. The first-order valence-corrected chi connectivity index (χ1v) is 8.57. The molecule has 0 unspecified atom stereocenters. The summed E-state index contributed by atoms with van der Waals surface area (Å²) in [5, 5.41) is 4.71. The van der Waals surface area contributed by atoms with Crippen molar-refractivity contribution in [1.82, 2.24) is 20.6 Å². The number of amides is 3. The second kappa shape index (κ2) is 8.72. The van der Waals surface area contributed by atoms with E-state index >= 15 is 0 Å². The highest BCUT2D eigenvalue weighted by Crippen LogP contribution is 2.12. The smallest absolute Gasteiger partial charge is 0.338 e. The van der Waals surface area contributed by atoms with Gasteiger partial charge in [0.1, 0.15) is 0 Å². The van der Waals surface area contributed by atoms with Crippen LogP contribution in [-0.4, -0.2) is 34.0 Å². The molecule has 2 N–H and O–H groups in total. The molecule has 0 aliphatic rings. The average Bonchev–Trinajstić information content (AvgIpc) is 2.72. The molecule has 1 atom stereocenters. The van der Waals surface area contributed by atoms with E-state index in [-0.39, 0.29) is 12.1 Å². The van der Waals surface area contributed by atoms with Crippen molar-refractivity contribution in [2.24, 2.45) is 0 Å². The molecular weight excluding hydrogens is 360 g/mol. The minimum Gasteiger partial charge on any atom is -0.449 e. The number of rotatable bonds is 5. The third-order valence-electron chi connectivity index (χ3n) is 3.89. The summed E-state index contributed by atoms with van der Waals surface area (Å²) in [6, 6.07) is 13.3. The molecule has 0 saturated heterocycles. The first-order valence-electron chi connectivity index (χ1n) is 8.57. The van der Waals surface area contributed by atoms with E-state index in [9.17, 15) is 14.4 Å². The first-order chi connectivity index (χ1) is 13.5. The van der Waals surface area contributed by atoms with Crippen molar-refractivity contribution in [2.45, 2.75) is 19.6 Å². The van der Waals surface area contributed by atoms with Gasteiger partial charge in [-0.3, -0.25) is 20.1 Å². The van der Waals surface area contributed by atoms with E-state index < -0.39 is 24.0 Å². The highest BCUT2D eigenvalue weighted by atomic mass is 16.5. The van der Waals surface area contributed by atoms with Gasteiger partial charge < -0.3 is 10.1 Å². The van der Waals surface area contributed by atoms with Crippen LogP contribution in [0.3, 0.4) is 0 Å². The van der Waals surface area contributed by atoms with E-state index in [1.165, 1.54) is 25.3 Å². The summed E-state index contributed by atoms with van der Waals surface area (Å²) >= 11 is 0. The van der Waals surface area contributed by atoms with Crippen LogP contribution >= 0.6 is 0 Å². The number of aromatic nitrogens is 2. The van der Waals surface area contributed by atoms with Gasteiger partial charge in [-0.15, -0.1) is 0 Å². The summed E-state index contributed by atoms with van der Waals surface area (Å²) in [5.74, 6) is -1.42. The van der Waals surface area contributed by atoms with Crippen LogP contribution in [0.25, 0.3) is 11.0 Å². The van der Waals surface area contributed by atoms with Gasteiger partial charge in [0.25, 0.3) is 5.91 Å². The average molecular weight is 378 g/mol. The van der Waals surface area contributed by atoms with Crippen molar-refractivity contribution < 1.29 is 19.1 Å². The molecule has 1 aromatic heterocycles. The van der Waals surface area contributed by atoms with Crippen LogP contribution < -0.4 is 10.6 Å². The molecule has 0 aliphatic carbocycles. The Morgan fingerprint density at radius 1 is 1.00 bits per heavy atom. The number of esters is 1. The fourth-order valence-corrected chi connectivity index (χ4v) is 2.41. The number of benzene rings is 2. The zero-order valence-corrected chi connectivity index (χ0v) is 15.1. The molecule has 0 spiro atoms. The predicted molar refractivity (Wildman–Crippen MR) is 101 cm³/mol. The minimum absolute atomic E-state index is 0.237. The molecule has 2 aromatic carbocycles.